The van der Waals surface area contributed by atoms with E-state index in [0.29, 0.717) is 13.2 Å². The fourth-order valence-corrected chi connectivity index (χ4v) is 4.60. The Kier molecular flexibility index (Phi) is 10.3. The molecule has 0 N–H and O–H groups in total. The molecule has 1 aromatic rings. The molecule has 0 bridgehead atoms. The van der Waals surface area contributed by atoms with Crippen LogP contribution >= 0.6 is 0 Å². The molecule has 0 aliphatic heterocycles. The van der Waals surface area contributed by atoms with E-state index >= 15 is 0 Å². The molecule has 0 fully saturated rings. The van der Waals surface area contributed by atoms with Crippen molar-refractivity contribution in [3.05, 3.63) is 42.5 Å². The molecule has 1 rings (SSSR count). The third kappa shape index (κ3) is 6.59. The first-order valence-corrected chi connectivity index (χ1v) is 10.3. The minimum atomic E-state index is -2.02. The second kappa shape index (κ2) is 12.0. The molecule has 0 aliphatic rings. The van der Waals surface area contributed by atoms with Gasteiger partial charge >= 0.3 is 15.3 Å². The van der Waals surface area contributed by atoms with Gasteiger partial charge in [0.05, 0.1) is 0 Å². The predicted octanol–water partition coefficient (Wildman–Crippen LogP) is 3.54. The summed E-state index contributed by atoms with van der Waals surface area (Å²) in [7, 11) is -2.02. The van der Waals surface area contributed by atoms with Crippen molar-refractivity contribution in [1.29, 1.82) is 0 Å². The Morgan fingerprint density at radius 2 is 1.75 bits per heavy atom. The van der Waals surface area contributed by atoms with Gasteiger partial charge < -0.3 is 13.6 Å². The molecule has 24 heavy (non-hydrogen) atoms. The fraction of sp³-hybridized carbons (Fsp3) is 0.526. The van der Waals surface area contributed by atoms with E-state index in [4.69, 9.17) is 13.6 Å². The SMILES string of the molecule is C=CC(=O)OC(CCC)c1ccccc1[SiH](OCCC)OCCC. The first kappa shape index (κ1) is 20.6. The van der Waals surface area contributed by atoms with Crippen LogP contribution in [0.25, 0.3) is 0 Å². The van der Waals surface area contributed by atoms with E-state index < -0.39 is 15.3 Å². The van der Waals surface area contributed by atoms with E-state index in [-0.39, 0.29) is 6.10 Å². The number of carbonyl (C=O) groups excluding carboxylic acids is 1. The van der Waals surface area contributed by atoms with E-state index in [1.807, 2.05) is 24.3 Å². The van der Waals surface area contributed by atoms with Gasteiger partial charge in [0.25, 0.3) is 0 Å². The molecule has 0 aromatic heterocycles. The summed E-state index contributed by atoms with van der Waals surface area (Å²) in [6.45, 7) is 11.1. The molecule has 1 aromatic carbocycles. The lowest BCUT2D eigenvalue weighted by Crippen LogP contribution is -2.40. The third-order valence-electron chi connectivity index (χ3n) is 3.52. The summed E-state index contributed by atoms with van der Waals surface area (Å²) in [5.41, 5.74) is 0.999. The monoisotopic (exact) mass is 350 g/mol. The highest BCUT2D eigenvalue weighted by Gasteiger charge is 2.25. The quantitative estimate of drug-likeness (QED) is 0.329. The van der Waals surface area contributed by atoms with Gasteiger partial charge in [-0.15, -0.1) is 0 Å². The van der Waals surface area contributed by atoms with Crippen LogP contribution in [-0.2, 0) is 18.4 Å². The Bertz CT molecular complexity index is 496. The molecule has 5 heteroatoms. The maximum absolute atomic E-state index is 11.7. The molecule has 0 heterocycles. The normalized spacial score (nSPS) is 12.2. The zero-order valence-electron chi connectivity index (χ0n) is 15.1. The third-order valence-corrected chi connectivity index (χ3v) is 5.63. The van der Waals surface area contributed by atoms with E-state index in [1.54, 1.807) is 0 Å². The van der Waals surface area contributed by atoms with Crippen LogP contribution in [0.2, 0.25) is 0 Å². The van der Waals surface area contributed by atoms with Crippen LogP contribution in [-0.4, -0.2) is 28.5 Å². The molecule has 1 unspecified atom stereocenters. The van der Waals surface area contributed by atoms with Crippen molar-refractivity contribution in [2.24, 2.45) is 0 Å². The molecule has 0 spiro atoms. The van der Waals surface area contributed by atoms with Gasteiger partial charge in [0.1, 0.15) is 6.10 Å². The van der Waals surface area contributed by atoms with Crippen LogP contribution in [0.5, 0.6) is 0 Å². The molecule has 0 saturated carbocycles. The number of benzene rings is 1. The van der Waals surface area contributed by atoms with Crippen LogP contribution in [0.4, 0.5) is 0 Å². The molecular formula is C19H30O4Si. The fourth-order valence-electron chi connectivity index (χ4n) is 2.42. The molecule has 0 radical (unpaired) electrons. The lowest BCUT2D eigenvalue weighted by atomic mass is 10.1. The van der Waals surface area contributed by atoms with Crippen molar-refractivity contribution >= 4 is 20.4 Å². The Morgan fingerprint density at radius 3 is 2.29 bits per heavy atom. The highest BCUT2D eigenvalue weighted by molar-refractivity contribution is 6.61. The summed E-state index contributed by atoms with van der Waals surface area (Å²) in [6.07, 6.45) is 4.50. The van der Waals surface area contributed by atoms with Crippen molar-refractivity contribution in [3.63, 3.8) is 0 Å². The maximum Gasteiger partial charge on any atom is 0.356 e. The molecular weight excluding hydrogens is 320 g/mol. The number of carbonyl (C=O) groups is 1. The average Bonchev–Trinajstić information content (AvgIpc) is 2.61. The van der Waals surface area contributed by atoms with Gasteiger partial charge in [-0.05, 0) is 30.0 Å². The van der Waals surface area contributed by atoms with Gasteiger partial charge in [-0.2, -0.15) is 0 Å². The van der Waals surface area contributed by atoms with Crippen molar-refractivity contribution in [2.75, 3.05) is 13.2 Å². The molecule has 0 aliphatic carbocycles. The summed E-state index contributed by atoms with van der Waals surface area (Å²) in [6, 6.07) is 8.01. The maximum atomic E-state index is 11.7. The van der Waals surface area contributed by atoms with Crippen LogP contribution in [0, 0.1) is 0 Å². The van der Waals surface area contributed by atoms with Crippen molar-refractivity contribution in [1.82, 2.24) is 0 Å². The lowest BCUT2D eigenvalue weighted by Gasteiger charge is -2.24. The van der Waals surface area contributed by atoms with Gasteiger partial charge in [-0.3, -0.25) is 0 Å². The zero-order chi connectivity index (χ0) is 17.8. The highest BCUT2D eigenvalue weighted by atomic mass is 28.3. The van der Waals surface area contributed by atoms with Crippen LogP contribution in [0.1, 0.15) is 58.1 Å². The lowest BCUT2D eigenvalue weighted by molar-refractivity contribution is -0.143. The van der Waals surface area contributed by atoms with E-state index in [0.717, 1.165) is 36.4 Å². The van der Waals surface area contributed by atoms with E-state index in [1.165, 1.54) is 6.08 Å². The molecule has 4 nitrogen and oxygen atoms in total. The van der Waals surface area contributed by atoms with Crippen LogP contribution in [0.3, 0.4) is 0 Å². The second-order valence-electron chi connectivity index (χ2n) is 5.62. The molecule has 1 atom stereocenters. The summed E-state index contributed by atoms with van der Waals surface area (Å²) in [5.74, 6) is -0.398. The van der Waals surface area contributed by atoms with Gasteiger partial charge in [0.2, 0.25) is 0 Å². The number of hydrogen-bond acceptors (Lipinski definition) is 4. The number of hydrogen-bond donors (Lipinski definition) is 0. The summed E-state index contributed by atoms with van der Waals surface area (Å²) in [5, 5.41) is 1.06. The van der Waals surface area contributed by atoms with E-state index in [2.05, 4.69) is 27.4 Å². The Balaban J connectivity index is 3.11. The molecule has 134 valence electrons. The topological polar surface area (TPSA) is 44.8 Å². The Morgan fingerprint density at radius 1 is 1.12 bits per heavy atom. The van der Waals surface area contributed by atoms with Gasteiger partial charge in [-0.1, -0.05) is 58.0 Å². The van der Waals surface area contributed by atoms with Gasteiger partial charge in [0.15, 0.2) is 0 Å². The van der Waals surface area contributed by atoms with Crippen LogP contribution in [0.15, 0.2) is 36.9 Å². The standard InChI is InChI=1S/C19H30O4Si/c1-5-11-17(23-19(20)8-4)16-12-9-10-13-18(16)24(21-14-6-2)22-15-7-3/h8-10,12-13,17,24H,4-7,11,14-15H2,1-3H3. The Labute approximate surface area is 147 Å². The Hall–Kier alpha value is -1.43. The predicted molar refractivity (Wildman–Crippen MR) is 99.6 cm³/mol. The van der Waals surface area contributed by atoms with Crippen LogP contribution < -0.4 is 5.19 Å². The summed E-state index contributed by atoms with van der Waals surface area (Å²) in [4.78, 5) is 11.7. The second-order valence-corrected chi connectivity index (χ2v) is 7.57. The number of ether oxygens (including phenoxy) is 1. The first-order chi connectivity index (χ1) is 11.7. The minimum Gasteiger partial charge on any atom is -0.454 e. The first-order valence-electron chi connectivity index (χ1n) is 8.82. The van der Waals surface area contributed by atoms with Gasteiger partial charge in [0, 0.05) is 19.3 Å². The van der Waals surface area contributed by atoms with Gasteiger partial charge in [-0.25, -0.2) is 4.79 Å². The van der Waals surface area contributed by atoms with Crippen molar-refractivity contribution in [3.8, 4) is 0 Å². The number of esters is 1. The largest absolute Gasteiger partial charge is 0.454 e. The zero-order valence-corrected chi connectivity index (χ0v) is 16.3. The smallest absolute Gasteiger partial charge is 0.356 e. The van der Waals surface area contributed by atoms with E-state index in [9.17, 15) is 4.79 Å². The van der Waals surface area contributed by atoms with Crippen molar-refractivity contribution in [2.45, 2.75) is 52.6 Å². The van der Waals surface area contributed by atoms with Crippen molar-refractivity contribution < 1.29 is 18.4 Å². The summed E-state index contributed by atoms with van der Waals surface area (Å²) < 4.78 is 17.7. The summed E-state index contributed by atoms with van der Waals surface area (Å²) >= 11 is 0. The number of rotatable bonds is 12. The minimum absolute atomic E-state index is 0.290. The average molecular weight is 351 g/mol. The molecule has 0 saturated heterocycles. The highest BCUT2D eigenvalue weighted by Crippen LogP contribution is 2.22. The molecule has 0 amide bonds.